The van der Waals surface area contributed by atoms with Crippen LogP contribution in [0.25, 0.3) is 0 Å². The van der Waals surface area contributed by atoms with Crippen molar-refractivity contribution in [1.82, 2.24) is 0 Å². The largest absolute Gasteiger partial charge is 0.490 e. The van der Waals surface area contributed by atoms with Crippen LogP contribution < -0.4 is 9.47 Å². The Balaban J connectivity index is 2.96. The summed E-state index contributed by atoms with van der Waals surface area (Å²) < 4.78 is 10.9. The van der Waals surface area contributed by atoms with Crippen molar-refractivity contribution in [2.24, 2.45) is 0 Å². The van der Waals surface area contributed by atoms with Crippen molar-refractivity contribution in [2.75, 3.05) is 6.61 Å². The summed E-state index contributed by atoms with van der Waals surface area (Å²) in [6.07, 6.45) is 0.0779. The van der Waals surface area contributed by atoms with Crippen LogP contribution >= 0.6 is 11.6 Å². The molecule has 0 aliphatic rings. The van der Waals surface area contributed by atoms with E-state index in [4.69, 9.17) is 21.1 Å². The Morgan fingerprint density at radius 2 is 2.14 bits per heavy atom. The van der Waals surface area contributed by atoms with E-state index in [1.807, 2.05) is 20.8 Å². The lowest BCUT2D eigenvalue weighted by molar-refractivity contribution is 0.224. The first-order valence-corrected chi connectivity index (χ1v) is 5.02. The predicted octanol–water partition coefficient (Wildman–Crippen LogP) is 3.33. The zero-order chi connectivity index (χ0) is 10.6. The first kappa shape index (κ1) is 11.2. The molecule has 1 aromatic rings. The molecule has 0 heterocycles. The van der Waals surface area contributed by atoms with E-state index in [0.717, 1.165) is 0 Å². The van der Waals surface area contributed by atoms with Crippen molar-refractivity contribution in [2.45, 2.75) is 26.9 Å². The van der Waals surface area contributed by atoms with Crippen LogP contribution in [-0.4, -0.2) is 12.7 Å². The molecule has 0 bridgehead atoms. The third kappa shape index (κ3) is 2.81. The van der Waals surface area contributed by atoms with Gasteiger partial charge in [0.05, 0.1) is 17.7 Å². The van der Waals surface area contributed by atoms with Gasteiger partial charge in [0, 0.05) is 0 Å². The lowest BCUT2D eigenvalue weighted by Crippen LogP contribution is -2.07. The lowest BCUT2D eigenvalue weighted by atomic mass is 10.3. The molecule has 1 aromatic carbocycles. The molecule has 0 aliphatic carbocycles. The van der Waals surface area contributed by atoms with E-state index in [2.05, 4.69) is 6.07 Å². The smallest absolute Gasteiger partial charge is 0.180 e. The standard InChI is InChI=1S/C11H14ClO2/c1-4-13-10-7-5-6-9(12)11(10)14-8(2)3/h6-8H,4H2,1-3H3. The van der Waals surface area contributed by atoms with E-state index in [-0.39, 0.29) is 6.10 Å². The molecule has 77 valence electrons. The van der Waals surface area contributed by atoms with E-state index in [0.29, 0.717) is 23.1 Å². The molecule has 0 saturated heterocycles. The molecule has 2 nitrogen and oxygen atoms in total. The molecule has 0 N–H and O–H groups in total. The minimum atomic E-state index is 0.0779. The molecule has 3 heteroatoms. The molecule has 0 fully saturated rings. The SMILES string of the molecule is CCOc1c[c]cc(Cl)c1OC(C)C. The van der Waals surface area contributed by atoms with Crippen molar-refractivity contribution in [3.05, 3.63) is 23.2 Å². The summed E-state index contributed by atoms with van der Waals surface area (Å²) >= 11 is 5.97. The number of rotatable bonds is 4. The second-order valence-corrected chi connectivity index (χ2v) is 3.50. The van der Waals surface area contributed by atoms with Gasteiger partial charge in [0.1, 0.15) is 0 Å². The van der Waals surface area contributed by atoms with Crippen molar-refractivity contribution in [3.63, 3.8) is 0 Å². The minimum Gasteiger partial charge on any atom is -0.490 e. The Kier molecular flexibility index (Phi) is 4.08. The van der Waals surface area contributed by atoms with E-state index in [1.54, 1.807) is 12.1 Å². The Hall–Kier alpha value is -0.890. The quantitative estimate of drug-likeness (QED) is 0.764. The molecule has 0 amide bonds. The molecular weight excluding hydrogens is 200 g/mol. The number of ether oxygens (including phenoxy) is 2. The fraction of sp³-hybridized carbons (Fsp3) is 0.455. The van der Waals surface area contributed by atoms with Crippen LogP contribution in [0.2, 0.25) is 5.02 Å². The molecular formula is C11H14ClO2. The number of benzene rings is 1. The average Bonchev–Trinajstić information content (AvgIpc) is 2.11. The van der Waals surface area contributed by atoms with E-state index < -0.39 is 0 Å². The van der Waals surface area contributed by atoms with Crippen LogP contribution in [0.15, 0.2) is 12.1 Å². The Morgan fingerprint density at radius 3 is 2.71 bits per heavy atom. The zero-order valence-corrected chi connectivity index (χ0v) is 9.39. The molecule has 0 unspecified atom stereocenters. The highest BCUT2D eigenvalue weighted by Gasteiger charge is 2.10. The number of hydrogen-bond donors (Lipinski definition) is 0. The summed E-state index contributed by atoms with van der Waals surface area (Å²) in [6.45, 7) is 6.40. The van der Waals surface area contributed by atoms with E-state index in [9.17, 15) is 0 Å². The van der Waals surface area contributed by atoms with Gasteiger partial charge in [-0.15, -0.1) is 0 Å². The highest BCUT2D eigenvalue weighted by molar-refractivity contribution is 6.32. The first-order chi connectivity index (χ1) is 6.65. The highest BCUT2D eigenvalue weighted by atomic mass is 35.5. The van der Waals surface area contributed by atoms with Crippen LogP contribution in [0.4, 0.5) is 0 Å². The molecule has 0 atom stereocenters. The maximum Gasteiger partial charge on any atom is 0.180 e. The van der Waals surface area contributed by atoms with Gasteiger partial charge in [0.25, 0.3) is 0 Å². The summed E-state index contributed by atoms with van der Waals surface area (Å²) in [5.74, 6) is 1.25. The zero-order valence-electron chi connectivity index (χ0n) is 8.63. The monoisotopic (exact) mass is 213 g/mol. The Morgan fingerprint density at radius 1 is 1.43 bits per heavy atom. The van der Waals surface area contributed by atoms with E-state index >= 15 is 0 Å². The summed E-state index contributed by atoms with van der Waals surface area (Å²) in [5, 5.41) is 0.532. The topological polar surface area (TPSA) is 18.5 Å². The third-order valence-corrected chi connectivity index (χ3v) is 1.80. The van der Waals surface area contributed by atoms with Gasteiger partial charge in [0.2, 0.25) is 0 Å². The lowest BCUT2D eigenvalue weighted by Gasteiger charge is -2.15. The predicted molar refractivity (Wildman–Crippen MR) is 57.2 cm³/mol. The maximum absolute atomic E-state index is 5.97. The van der Waals surface area contributed by atoms with Crippen LogP contribution in [0.1, 0.15) is 20.8 Å². The van der Waals surface area contributed by atoms with Gasteiger partial charge in [-0.1, -0.05) is 11.6 Å². The van der Waals surface area contributed by atoms with E-state index in [1.165, 1.54) is 0 Å². The molecule has 1 rings (SSSR count). The summed E-state index contributed by atoms with van der Waals surface area (Å²) in [7, 11) is 0. The van der Waals surface area contributed by atoms with Gasteiger partial charge in [-0.2, -0.15) is 0 Å². The second-order valence-electron chi connectivity index (χ2n) is 3.10. The Labute approximate surface area is 89.8 Å². The molecule has 0 aromatic heterocycles. The summed E-state index contributed by atoms with van der Waals surface area (Å²) in [5.41, 5.74) is 0. The molecule has 14 heavy (non-hydrogen) atoms. The minimum absolute atomic E-state index is 0.0779. The van der Waals surface area contributed by atoms with Gasteiger partial charge >= 0.3 is 0 Å². The van der Waals surface area contributed by atoms with Crippen molar-refractivity contribution in [3.8, 4) is 11.5 Å². The first-order valence-electron chi connectivity index (χ1n) is 4.64. The molecule has 0 saturated carbocycles. The van der Waals surface area contributed by atoms with Crippen LogP contribution in [0.5, 0.6) is 11.5 Å². The van der Waals surface area contributed by atoms with Gasteiger partial charge in [-0.3, -0.25) is 0 Å². The molecule has 1 radical (unpaired) electrons. The van der Waals surface area contributed by atoms with Crippen molar-refractivity contribution < 1.29 is 9.47 Å². The van der Waals surface area contributed by atoms with Gasteiger partial charge in [-0.05, 0) is 39.0 Å². The molecule has 0 aliphatic heterocycles. The normalized spacial score (nSPS) is 10.4. The van der Waals surface area contributed by atoms with Crippen LogP contribution in [0, 0.1) is 6.07 Å². The highest BCUT2D eigenvalue weighted by Crippen LogP contribution is 2.35. The van der Waals surface area contributed by atoms with Gasteiger partial charge in [0.15, 0.2) is 11.5 Å². The maximum atomic E-state index is 5.97. The summed E-state index contributed by atoms with van der Waals surface area (Å²) in [4.78, 5) is 0. The van der Waals surface area contributed by atoms with Crippen LogP contribution in [0.3, 0.4) is 0 Å². The second kappa shape index (κ2) is 5.11. The number of halogens is 1. The fourth-order valence-electron chi connectivity index (χ4n) is 1.05. The van der Waals surface area contributed by atoms with Crippen molar-refractivity contribution >= 4 is 11.6 Å². The van der Waals surface area contributed by atoms with Crippen molar-refractivity contribution in [1.29, 1.82) is 0 Å². The number of hydrogen-bond acceptors (Lipinski definition) is 2. The van der Waals surface area contributed by atoms with Gasteiger partial charge < -0.3 is 9.47 Å². The van der Waals surface area contributed by atoms with Crippen LogP contribution in [-0.2, 0) is 0 Å². The summed E-state index contributed by atoms with van der Waals surface area (Å²) in [6, 6.07) is 6.29. The Bertz CT molecular complexity index is 297. The third-order valence-electron chi connectivity index (χ3n) is 1.52. The molecule has 0 spiro atoms. The fourth-order valence-corrected chi connectivity index (χ4v) is 1.25. The average molecular weight is 214 g/mol. The van der Waals surface area contributed by atoms with Gasteiger partial charge in [-0.25, -0.2) is 0 Å².